The van der Waals surface area contributed by atoms with Gasteiger partial charge >= 0.3 is 5.69 Å². The molecule has 1 heterocycles. The number of hydrogen-bond donors (Lipinski definition) is 2. The van der Waals surface area contributed by atoms with E-state index in [1.54, 1.807) is 16.7 Å². The Morgan fingerprint density at radius 3 is 2.92 bits per heavy atom. The van der Waals surface area contributed by atoms with E-state index >= 15 is 0 Å². The molecule has 1 aromatic heterocycles. The van der Waals surface area contributed by atoms with Gasteiger partial charge in [-0.2, -0.15) is 0 Å². The number of unbranched alkanes of at least 4 members (excludes halogenated alkanes) is 1. The number of benzene rings is 1. The maximum absolute atomic E-state index is 12.0. The Balaban J connectivity index is 1.78. The van der Waals surface area contributed by atoms with Crippen LogP contribution in [0.3, 0.4) is 0 Å². The van der Waals surface area contributed by atoms with Crippen molar-refractivity contribution in [3.8, 4) is 0 Å². The first-order valence-corrected chi connectivity index (χ1v) is 9.74. The van der Waals surface area contributed by atoms with Crippen LogP contribution in [-0.4, -0.2) is 33.0 Å². The molecule has 0 fully saturated rings. The Hall–Kier alpha value is -1.44. The summed E-state index contributed by atoms with van der Waals surface area (Å²) in [4.78, 5) is 23.7. The lowest BCUT2D eigenvalue weighted by Gasteiger charge is -2.07. The van der Waals surface area contributed by atoms with Gasteiger partial charge in [-0.25, -0.2) is 9.89 Å². The van der Waals surface area contributed by atoms with Crippen LogP contribution in [0.5, 0.6) is 0 Å². The minimum atomic E-state index is -0.242. The van der Waals surface area contributed by atoms with Crippen molar-refractivity contribution in [3.63, 3.8) is 0 Å². The fraction of sp³-hybridized carbons (Fsp3) is 0.438. The van der Waals surface area contributed by atoms with Gasteiger partial charge in [0.05, 0.1) is 5.75 Å². The third-order valence-corrected chi connectivity index (χ3v) is 5.09. The summed E-state index contributed by atoms with van der Waals surface area (Å²) in [6.45, 7) is 3.13. The van der Waals surface area contributed by atoms with Crippen molar-refractivity contribution < 1.29 is 4.79 Å². The molecule has 0 aliphatic rings. The van der Waals surface area contributed by atoms with E-state index in [2.05, 4.69) is 22.4 Å². The first kappa shape index (κ1) is 19.9. The van der Waals surface area contributed by atoms with Crippen molar-refractivity contribution in [1.82, 2.24) is 20.1 Å². The third-order valence-electron chi connectivity index (χ3n) is 3.52. The normalized spacial score (nSPS) is 10.8. The van der Waals surface area contributed by atoms with Crippen LogP contribution in [0, 0.1) is 0 Å². The Bertz CT molecular complexity index is 776. The fourth-order valence-corrected chi connectivity index (χ4v) is 3.47. The SMILES string of the molecule is CCCCn1c(SCC(=O)NCCc2ccc(Cl)cc2Cl)n[nH]c1=O. The Kier molecular flexibility index (Phi) is 7.87. The number of aromatic amines is 1. The topological polar surface area (TPSA) is 79.8 Å². The van der Waals surface area contributed by atoms with E-state index in [9.17, 15) is 9.59 Å². The van der Waals surface area contributed by atoms with E-state index in [0.29, 0.717) is 34.7 Å². The molecule has 9 heteroatoms. The molecule has 0 unspecified atom stereocenters. The Labute approximate surface area is 160 Å². The Morgan fingerprint density at radius 1 is 1.40 bits per heavy atom. The number of carbonyl (C=O) groups excluding carboxylic acids is 1. The second kappa shape index (κ2) is 9.89. The molecular weight excluding hydrogens is 383 g/mol. The van der Waals surface area contributed by atoms with Crippen LogP contribution >= 0.6 is 35.0 Å². The molecule has 1 aromatic carbocycles. The van der Waals surface area contributed by atoms with E-state index in [1.165, 1.54) is 11.8 Å². The molecule has 0 radical (unpaired) electrons. The third kappa shape index (κ3) is 6.09. The van der Waals surface area contributed by atoms with E-state index in [1.807, 2.05) is 6.07 Å². The van der Waals surface area contributed by atoms with Gasteiger partial charge in [0, 0.05) is 23.1 Å². The maximum Gasteiger partial charge on any atom is 0.343 e. The Morgan fingerprint density at radius 2 is 2.20 bits per heavy atom. The average molecular weight is 403 g/mol. The van der Waals surface area contributed by atoms with Gasteiger partial charge in [-0.05, 0) is 30.5 Å². The predicted octanol–water partition coefficient (Wildman–Crippen LogP) is 3.13. The van der Waals surface area contributed by atoms with Crippen molar-refractivity contribution in [2.75, 3.05) is 12.3 Å². The molecule has 0 aliphatic carbocycles. The summed E-state index contributed by atoms with van der Waals surface area (Å²) < 4.78 is 1.56. The highest BCUT2D eigenvalue weighted by Gasteiger charge is 2.11. The molecular formula is C16H20Cl2N4O2S. The highest BCUT2D eigenvalue weighted by Crippen LogP contribution is 2.21. The van der Waals surface area contributed by atoms with Crippen molar-refractivity contribution in [2.45, 2.75) is 37.9 Å². The van der Waals surface area contributed by atoms with Crippen molar-refractivity contribution in [1.29, 1.82) is 0 Å². The van der Waals surface area contributed by atoms with E-state index < -0.39 is 0 Å². The molecule has 25 heavy (non-hydrogen) atoms. The summed E-state index contributed by atoms with van der Waals surface area (Å²) in [5.74, 6) is 0.0812. The number of hydrogen-bond acceptors (Lipinski definition) is 4. The standard InChI is InChI=1S/C16H20Cl2N4O2S/c1-2-3-8-22-15(24)20-21-16(22)25-10-14(23)19-7-6-11-4-5-12(17)9-13(11)18/h4-5,9H,2-3,6-8,10H2,1H3,(H,19,23)(H,20,24). The van der Waals surface area contributed by atoms with Gasteiger partial charge in [0.15, 0.2) is 5.16 Å². The van der Waals surface area contributed by atoms with Crippen LogP contribution < -0.4 is 11.0 Å². The lowest BCUT2D eigenvalue weighted by molar-refractivity contribution is -0.118. The average Bonchev–Trinajstić information content (AvgIpc) is 2.93. The van der Waals surface area contributed by atoms with Gasteiger partial charge in [-0.15, -0.1) is 5.10 Å². The molecule has 0 atom stereocenters. The van der Waals surface area contributed by atoms with Crippen LogP contribution in [0.4, 0.5) is 0 Å². The molecule has 0 spiro atoms. The number of H-pyrrole nitrogens is 1. The van der Waals surface area contributed by atoms with Gasteiger partial charge < -0.3 is 5.32 Å². The maximum atomic E-state index is 12.0. The highest BCUT2D eigenvalue weighted by molar-refractivity contribution is 7.99. The second-order valence-corrected chi connectivity index (χ2v) is 7.23. The zero-order chi connectivity index (χ0) is 18.2. The summed E-state index contributed by atoms with van der Waals surface area (Å²) in [5, 5.41) is 10.9. The summed E-state index contributed by atoms with van der Waals surface area (Å²) in [6, 6.07) is 5.30. The van der Waals surface area contributed by atoms with Crippen LogP contribution in [0.25, 0.3) is 0 Å². The molecule has 2 N–H and O–H groups in total. The zero-order valence-electron chi connectivity index (χ0n) is 13.8. The number of carbonyl (C=O) groups is 1. The molecule has 0 saturated carbocycles. The summed E-state index contributed by atoms with van der Waals surface area (Å²) in [7, 11) is 0. The molecule has 136 valence electrons. The quantitative estimate of drug-likeness (QED) is 0.631. The highest BCUT2D eigenvalue weighted by atomic mass is 35.5. The predicted molar refractivity (Wildman–Crippen MR) is 102 cm³/mol. The van der Waals surface area contributed by atoms with Gasteiger partial charge in [0.25, 0.3) is 0 Å². The van der Waals surface area contributed by atoms with Crippen LogP contribution in [0.1, 0.15) is 25.3 Å². The number of halogens is 2. The largest absolute Gasteiger partial charge is 0.355 e. The lowest BCUT2D eigenvalue weighted by Crippen LogP contribution is -2.27. The van der Waals surface area contributed by atoms with Gasteiger partial charge in [-0.1, -0.05) is 54.4 Å². The van der Waals surface area contributed by atoms with Crippen molar-refractivity contribution >= 4 is 40.9 Å². The van der Waals surface area contributed by atoms with E-state index in [4.69, 9.17) is 23.2 Å². The molecule has 0 aliphatic heterocycles. The first-order chi connectivity index (χ1) is 12.0. The van der Waals surface area contributed by atoms with Gasteiger partial charge in [0.2, 0.25) is 5.91 Å². The van der Waals surface area contributed by atoms with Crippen molar-refractivity contribution in [2.24, 2.45) is 0 Å². The summed E-state index contributed by atoms with van der Waals surface area (Å²) in [5.41, 5.74) is 0.688. The van der Waals surface area contributed by atoms with Gasteiger partial charge in [-0.3, -0.25) is 9.36 Å². The van der Waals surface area contributed by atoms with E-state index in [0.717, 1.165) is 18.4 Å². The minimum Gasteiger partial charge on any atom is -0.355 e. The molecule has 0 bridgehead atoms. The number of aromatic nitrogens is 3. The van der Waals surface area contributed by atoms with Crippen LogP contribution in [0.15, 0.2) is 28.2 Å². The molecule has 2 aromatic rings. The van der Waals surface area contributed by atoms with Crippen molar-refractivity contribution in [3.05, 3.63) is 44.3 Å². The molecule has 2 rings (SSSR count). The molecule has 0 saturated heterocycles. The summed E-state index contributed by atoms with van der Waals surface area (Å²) >= 11 is 13.2. The van der Waals surface area contributed by atoms with Crippen LogP contribution in [-0.2, 0) is 17.8 Å². The smallest absolute Gasteiger partial charge is 0.343 e. The van der Waals surface area contributed by atoms with Crippen LogP contribution in [0.2, 0.25) is 10.0 Å². The van der Waals surface area contributed by atoms with E-state index in [-0.39, 0.29) is 17.3 Å². The molecule has 1 amide bonds. The zero-order valence-corrected chi connectivity index (χ0v) is 16.2. The number of thioether (sulfide) groups is 1. The number of nitrogens with zero attached hydrogens (tertiary/aromatic N) is 2. The molecule has 6 nitrogen and oxygen atoms in total. The lowest BCUT2D eigenvalue weighted by atomic mass is 10.1. The second-order valence-electron chi connectivity index (χ2n) is 5.44. The number of amides is 1. The fourth-order valence-electron chi connectivity index (χ4n) is 2.17. The monoisotopic (exact) mass is 402 g/mol. The first-order valence-electron chi connectivity index (χ1n) is 8.00. The summed E-state index contributed by atoms with van der Waals surface area (Å²) in [6.07, 6.45) is 2.49. The number of nitrogens with one attached hydrogen (secondary N) is 2. The minimum absolute atomic E-state index is 0.118. The van der Waals surface area contributed by atoms with Gasteiger partial charge in [0.1, 0.15) is 0 Å². The number of rotatable bonds is 9.